The van der Waals surface area contributed by atoms with Crippen molar-refractivity contribution >= 4 is 17.1 Å². The number of benzene rings is 2. The minimum atomic E-state index is 0.156. The Morgan fingerprint density at radius 2 is 1.69 bits per heavy atom. The standard InChI is InChI=1S/C27H30O2/c1-3-9-27(29)23-13-8-10-20(18-23)19-24(28)16-14-22-15-17-26(25(22)4-2)21-11-6-5-7-12-21/h5-8,10-13,15,17-18,25H,3-4,9,14,16,19H2,1-2H3. The highest BCUT2D eigenvalue weighted by molar-refractivity contribution is 5.96. The summed E-state index contributed by atoms with van der Waals surface area (Å²) >= 11 is 0. The van der Waals surface area contributed by atoms with Gasteiger partial charge in [0, 0.05) is 30.7 Å². The van der Waals surface area contributed by atoms with Gasteiger partial charge in [0.15, 0.2) is 5.78 Å². The van der Waals surface area contributed by atoms with Crippen molar-refractivity contribution in [2.75, 3.05) is 0 Å². The third kappa shape index (κ3) is 5.41. The van der Waals surface area contributed by atoms with E-state index in [1.54, 1.807) is 0 Å². The predicted octanol–water partition coefficient (Wildman–Crippen LogP) is 6.61. The summed E-state index contributed by atoms with van der Waals surface area (Å²) in [7, 11) is 0. The molecule has 0 heterocycles. The van der Waals surface area contributed by atoms with E-state index in [0.717, 1.165) is 30.4 Å². The molecule has 2 nitrogen and oxygen atoms in total. The van der Waals surface area contributed by atoms with Crippen LogP contribution >= 0.6 is 0 Å². The molecule has 0 spiro atoms. The molecule has 0 saturated carbocycles. The van der Waals surface area contributed by atoms with E-state index in [4.69, 9.17) is 0 Å². The summed E-state index contributed by atoms with van der Waals surface area (Å²) in [6.07, 6.45) is 8.61. The molecule has 2 heteroatoms. The first-order valence-corrected chi connectivity index (χ1v) is 10.7. The van der Waals surface area contributed by atoms with Crippen LogP contribution in [0.5, 0.6) is 0 Å². The van der Waals surface area contributed by atoms with Crippen molar-refractivity contribution in [3.05, 3.63) is 89.0 Å². The molecular weight excluding hydrogens is 356 g/mol. The second-order valence-electron chi connectivity index (χ2n) is 7.78. The number of rotatable bonds is 10. The van der Waals surface area contributed by atoms with Gasteiger partial charge in [0.25, 0.3) is 0 Å². The number of ketones is 2. The van der Waals surface area contributed by atoms with Gasteiger partial charge in [-0.25, -0.2) is 0 Å². The van der Waals surface area contributed by atoms with Gasteiger partial charge < -0.3 is 0 Å². The van der Waals surface area contributed by atoms with E-state index in [9.17, 15) is 9.59 Å². The molecule has 29 heavy (non-hydrogen) atoms. The van der Waals surface area contributed by atoms with Crippen LogP contribution in [0.25, 0.3) is 5.57 Å². The quantitative estimate of drug-likeness (QED) is 0.430. The van der Waals surface area contributed by atoms with Crippen LogP contribution in [0.1, 0.15) is 67.4 Å². The Morgan fingerprint density at radius 3 is 2.41 bits per heavy atom. The zero-order chi connectivity index (χ0) is 20.6. The van der Waals surface area contributed by atoms with E-state index < -0.39 is 0 Å². The topological polar surface area (TPSA) is 34.1 Å². The summed E-state index contributed by atoms with van der Waals surface area (Å²) in [5.74, 6) is 0.789. The van der Waals surface area contributed by atoms with Crippen LogP contribution in [-0.4, -0.2) is 11.6 Å². The Labute approximate surface area is 174 Å². The molecule has 0 radical (unpaired) electrons. The van der Waals surface area contributed by atoms with Crippen LogP contribution < -0.4 is 0 Å². The van der Waals surface area contributed by atoms with Gasteiger partial charge in [-0.05, 0) is 42.0 Å². The van der Waals surface area contributed by atoms with Gasteiger partial charge in [0.2, 0.25) is 0 Å². The van der Waals surface area contributed by atoms with Gasteiger partial charge >= 0.3 is 0 Å². The van der Waals surface area contributed by atoms with Crippen molar-refractivity contribution in [2.45, 2.75) is 52.4 Å². The number of carbonyl (C=O) groups is 2. The van der Waals surface area contributed by atoms with Crippen molar-refractivity contribution < 1.29 is 9.59 Å². The first-order chi connectivity index (χ1) is 14.1. The molecule has 150 valence electrons. The molecule has 0 saturated heterocycles. The lowest BCUT2D eigenvalue weighted by Crippen LogP contribution is -2.08. The molecule has 0 aliphatic heterocycles. The van der Waals surface area contributed by atoms with Gasteiger partial charge in [-0.1, -0.05) is 80.1 Å². The SMILES string of the molecule is CCCC(=O)c1cccc(CC(=O)CCC2=CC=C(c3ccccc3)C2CC)c1. The highest BCUT2D eigenvalue weighted by atomic mass is 16.1. The molecule has 0 amide bonds. The van der Waals surface area contributed by atoms with E-state index >= 15 is 0 Å². The number of Topliss-reactive ketones (excluding diaryl/α,β-unsaturated/α-hetero) is 2. The van der Waals surface area contributed by atoms with E-state index in [2.05, 4.69) is 43.3 Å². The highest BCUT2D eigenvalue weighted by Gasteiger charge is 2.22. The van der Waals surface area contributed by atoms with Crippen molar-refractivity contribution in [3.63, 3.8) is 0 Å². The van der Waals surface area contributed by atoms with E-state index in [0.29, 0.717) is 25.2 Å². The Morgan fingerprint density at radius 1 is 0.897 bits per heavy atom. The van der Waals surface area contributed by atoms with Crippen LogP contribution in [0.15, 0.2) is 72.3 Å². The van der Waals surface area contributed by atoms with Crippen LogP contribution in [0, 0.1) is 5.92 Å². The van der Waals surface area contributed by atoms with E-state index in [-0.39, 0.29) is 11.6 Å². The van der Waals surface area contributed by atoms with Crippen molar-refractivity contribution in [1.29, 1.82) is 0 Å². The van der Waals surface area contributed by atoms with Gasteiger partial charge in [0.1, 0.15) is 5.78 Å². The molecule has 1 unspecified atom stereocenters. The summed E-state index contributed by atoms with van der Waals surface area (Å²) in [6.45, 7) is 4.21. The van der Waals surface area contributed by atoms with Crippen LogP contribution in [0.4, 0.5) is 0 Å². The molecule has 0 N–H and O–H groups in total. The number of hydrogen-bond acceptors (Lipinski definition) is 2. The maximum absolute atomic E-state index is 12.6. The molecule has 0 fully saturated rings. The Hall–Kier alpha value is -2.74. The fourth-order valence-electron chi connectivity index (χ4n) is 4.12. The summed E-state index contributed by atoms with van der Waals surface area (Å²) in [4.78, 5) is 24.7. The molecule has 2 aromatic carbocycles. The summed E-state index contributed by atoms with van der Waals surface area (Å²) in [5.41, 5.74) is 5.64. The maximum Gasteiger partial charge on any atom is 0.162 e. The fourth-order valence-corrected chi connectivity index (χ4v) is 4.12. The minimum absolute atomic E-state index is 0.156. The maximum atomic E-state index is 12.6. The van der Waals surface area contributed by atoms with Crippen LogP contribution in [0.3, 0.4) is 0 Å². The third-order valence-electron chi connectivity index (χ3n) is 5.64. The normalized spacial score (nSPS) is 15.7. The zero-order valence-electron chi connectivity index (χ0n) is 17.5. The van der Waals surface area contributed by atoms with Gasteiger partial charge in [-0.2, -0.15) is 0 Å². The lowest BCUT2D eigenvalue weighted by molar-refractivity contribution is -0.118. The smallest absolute Gasteiger partial charge is 0.162 e. The summed E-state index contributed by atoms with van der Waals surface area (Å²) < 4.78 is 0. The molecule has 2 aromatic rings. The lowest BCUT2D eigenvalue weighted by Gasteiger charge is -2.18. The number of allylic oxidation sites excluding steroid dienone is 4. The average Bonchev–Trinajstić information content (AvgIpc) is 3.16. The van der Waals surface area contributed by atoms with Crippen molar-refractivity contribution in [2.24, 2.45) is 5.92 Å². The monoisotopic (exact) mass is 386 g/mol. The van der Waals surface area contributed by atoms with Crippen LogP contribution in [0.2, 0.25) is 0 Å². The van der Waals surface area contributed by atoms with Crippen molar-refractivity contribution in [1.82, 2.24) is 0 Å². The molecule has 1 atom stereocenters. The third-order valence-corrected chi connectivity index (χ3v) is 5.64. The Bertz CT molecular complexity index is 919. The van der Waals surface area contributed by atoms with Gasteiger partial charge in [0.05, 0.1) is 0 Å². The van der Waals surface area contributed by atoms with E-state index in [1.807, 2.05) is 37.3 Å². The Kier molecular flexibility index (Phi) is 7.35. The molecule has 0 bridgehead atoms. The Balaban J connectivity index is 1.56. The second kappa shape index (κ2) is 10.2. The lowest BCUT2D eigenvalue weighted by atomic mass is 9.86. The first kappa shape index (κ1) is 21.0. The average molecular weight is 387 g/mol. The highest BCUT2D eigenvalue weighted by Crippen LogP contribution is 2.38. The molecule has 3 rings (SSSR count). The second-order valence-corrected chi connectivity index (χ2v) is 7.78. The fraction of sp³-hybridized carbons (Fsp3) is 0.333. The number of carbonyl (C=O) groups excluding carboxylic acids is 2. The zero-order valence-corrected chi connectivity index (χ0v) is 17.5. The molecular formula is C27H30O2. The van der Waals surface area contributed by atoms with Gasteiger partial charge in [-0.15, -0.1) is 0 Å². The largest absolute Gasteiger partial charge is 0.299 e. The van der Waals surface area contributed by atoms with Gasteiger partial charge in [-0.3, -0.25) is 9.59 Å². The predicted molar refractivity (Wildman–Crippen MR) is 120 cm³/mol. The van der Waals surface area contributed by atoms with E-state index in [1.165, 1.54) is 16.7 Å². The minimum Gasteiger partial charge on any atom is -0.299 e. The molecule has 1 aliphatic rings. The number of hydrogen-bond donors (Lipinski definition) is 0. The van der Waals surface area contributed by atoms with Crippen molar-refractivity contribution in [3.8, 4) is 0 Å². The molecule has 0 aromatic heterocycles. The first-order valence-electron chi connectivity index (χ1n) is 10.7. The summed E-state index contributed by atoms with van der Waals surface area (Å²) in [6, 6.07) is 18.1. The van der Waals surface area contributed by atoms with Crippen LogP contribution in [-0.2, 0) is 11.2 Å². The summed E-state index contributed by atoms with van der Waals surface area (Å²) in [5, 5.41) is 0. The molecule has 1 aliphatic carbocycles.